The Kier molecular flexibility index (Phi) is 5.78. The Morgan fingerprint density at radius 3 is 2.52 bits per heavy atom. The Morgan fingerprint density at radius 1 is 1.18 bits per heavy atom. The van der Waals surface area contributed by atoms with E-state index in [1.807, 2.05) is 6.92 Å². The molecular formula is C22H28F3N5O3. The molecule has 0 N–H and O–H groups in total. The molecule has 0 aromatic carbocycles. The maximum atomic E-state index is 13.3. The van der Waals surface area contributed by atoms with Gasteiger partial charge in [-0.05, 0) is 52.7 Å². The van der Waals surface area contributed by atoms with E-state index in [1.54, 1.807) is 37.8 Å². The lowest BCUT2D eigenvalue weighted by Gasteiger charge is -2.39. The summed E-state index contributed by atoms with van der Waals surface area (Å²) in [6.07, 6.45) is -4.61. The van der Waals surface area contributed by atoms with Crippen molar-refractivity contribution >= 4 is 23.0 Å². The summed E-state index contributed by atoms with van der Waals surface area (Å²) in [6.45, 7) is 7.80. The van der Waals surface area contributed by atoms with E-state index < -0.39 is 29.8 Å². The Balaban J connectivity index is 1.54. The van der Waals surface area contributed by atoms with Crippen LogP contribution in [0.25, 0.3) is 11.0 Å². The molecule has 4 heterocycles. The lowest BCUT2D eigenvalue weighted by molar-refractivity contribution is -0.183. The molecule has 0 aliphatic carbocycles. The fraction of sp³-hybridized carbons (Fsp3) is 0.636. The zero-order valence-electron chi connectivity index (χ0n) is 19.1. The summed E-state index contributed by atoms with van der Waals surface area (Å²) >= 11 is 0. The minimum atomic E-state index is -4.45. The van der Waals surface area contributed by atoms with Gasteiger partial charge >= 0.3 is 12.3 Å². The predicted molar refractivity (Wildman–Crippen MR) is 114 cm³/mol. The van der Waals surface area contributed by atoms with E-state index in [4.69, 9.17) is 4.74 Å². The molecule has 2 fully saturated rings. The van der Waals surface area contributed by atoms with Gasteiger partial charge in [-0.1, -0.05) is 0 Å². The molecule has 33 heavy (non-hydrogen) atoms. The van der Waals surface area contributed by atoms with Gasteiger partial charge in [-0.25, -0.2) is 9.78 Å². The molecule has 180 valence electrons. The lowest BCUT2D eigenvalue weighted by Crippen LogP contribution is -2.50. The number of hydrogen-bond donors (Lipinski definition) is 0. The number of alkyl halides is 3. The first kappa shape index (κ1) is 23.3. The molecule has 1 atom stereocenters. The van der Waals surface area contributed by atoms with E-state index >= 15 is 0 Å². The molecular weight excluding hydrogens is 439 g/mol. The van der Waals surface area contributed by atoms with Gasteiger partial charge in [0.05, 0.1) is 11.2 Å². The van der Waals surface area contributed by atoms with Crippen LogP contribution >= 0.6 is 0 Å². The summed E-state index contributed by atoms with van der Waals surface area (Å²) in [5, 5.41) is 4.57. The third-order valence-corrected chi connectivity index (χ3v) is 5.92. The Hall–Kier alpha value is -2.85. The topological polar surface area (TPSA) is 80.6 Å². The fourth-order valence-corrected chi connectivity index (χ4v) is 4.32. The van der Waals surface area contributed by atoms with Gasteiger partial charge in [-0.15, -0.1) is 0 Å². The lowest BCUT2D eigenvalue weighted by atomic mass is 9.96. The predicted octanol–water partition coefficient (Wildman–Crippen LogP) is 3.63. The van der Waals surface area contributed by atoms with Crippen molar-refractivity contribution in [2.75, 3.05) is 19.6 Å². The van der Waals surface area contributed by atoms with Gasteiger partial charge in [0.25, 0.3) is 0 Å². The zero-order chi connectivity index (χ0) is 24.1. The summed E-state index contributed by atoms with van der Waals surface area (Å²) in [6, 6.07) is 1.80. The van der Waals surface area contributed by atoms with E-state index in [1.165, 1.54) is 4.68 Å². The maximum absolute atomic E-state index is 13.3. The maximum Gasteiger partial charge on any atom is 0.410 e. The second-order valence-electron chi connectivity index (χ2n) is 9.73. The van der Waals surface area contributed by atoms with E-state index in [0.29, 0.717) is 36.2 Å². The average Bonchev–Trinajstić information content (AvgIpc) is 3.25. The number of aromatic nitrogens is 3. The summed E-state index contributed by atoms with van der Waals surface area (Å²) in [7, 11) is 0. The molecule has 0 radical (unpaired) electrons. The minimum absolute atomic E-state index is 0.0797. The number of rotatable bonds is 3. The van der Waals surface area contributed by atoms with Crippen molar-refractivity contribution in [1.82, 2.24) is 24.6 Å². The van der Waals surface area contributed by atoms with Crippen molar-refractivity contribution in [3.63, 3.8) is 0 Å². The zero-order valence-corrected chi connectivity index (χ0v) is 19.1. The number of ether oxygens (including phenoxy) is 1. The smallest absolute Gasteiger partial charge is 0.410 e. The van der Waals surface area contributed by atoms with Crippen molar-refractivity contribution in [3.8, 4) is 0 Å². The normalized spacial score (nSPS) is 19.8. The highest BCUT2D eigenvalue weighted by atomic mass is 19.4. The summed E-state index contributed by atoms with van der Waals surface area (Å²) in [5.74, 6) is -0.712. The number of hydrogen-bond acceptors (Lipinski definition) is 5. The number of fused-ring (bicyclic) bond motifs is 1. The first-order chi connectivity index (χ1) is 15.3. The van der Waals surface area contributed by atoms with Crippen molar-refractivity contribution in [2.24, 2.45) is 0 Å². The van der Waals surface area contributed by atoms with Gasteiger partial charge in [0.1, 0.15) is 23.7 Å². The molecule has 0 spiro atoms. The van der Waals surface area contributed by atoms with Gasteiger partial charge in [-0.3, -0.25) is 9.48 Å². The number of likely N-dealkylation sites (tertiary alicyclic amines) is 2. The number of carbonyl (C=O) groups is 2. The molecule has 2 aliphatic rings. The highest BCUT2D eigenvalue weighted by Crippen LogP contribution is 2.34. The number of nitrogens with zero attached hydrogens (tertiary/aromatic N) is 5. The van der Waals surface area contributed by atoms with Crippen molar-refractivity contribution in [1.29, 1.82) is 0 Å². The van der Waals surface area contributed by atoms with E-state index in [-0.39, 0.29) is 25.4 Å². The molecule has 8 nitrogen and oxygen atoms in total. The molecule has 0 saturated carbocycles. The standard InChI is InChI=1S/C22H28F3N5O3/c1-13-7-8-15-19(26-13)18(14-10-28(11-14)20(32)33-21(2,3)4)27-30(15)12-17(31)29-9-5-6-16(29)22(23,24)25/h7-8,14,16H,5-6,9-12H2,1-4H3/t16-/m0/s1. The van der Waals surface area contributed by atoms with Crippen LogP contribution in [-0.2, 0) is 16.1 Å². The van der Waals surface area contributed by atoms with Crippen LogP contribution in [0.5, 0.6) is 0 Å². The second kappa shape index (κ2) is 8.18. The fourth-order valence-electron chi connectivity index (χ4n) is 4.32. The van der Waals surface area contributed by atoms with Crippen LogP contribution in [0.1, 0.15) is 50.9 Å². The SMILES string of the molecule is Cc1ccc2c(n1)c(C1CN(C(=O)OC(C)(C)C)C1)nn2CC(=O)N1CCC[C@H]1C(F)(F)F. The minimum Gasteiger partial charge on any atom is -0.444 e. The Labute approximate surface area is 189 Å². The molecule has 2 saturated heterocycles. The molecule has 4 rings (SSSR count). The van der Waals surface area contributed by atoms with Crippen molar-refractivity contribution in [2.45, 2.75) is 70.8 Å². The molecule has 0 bridgehead atoms. The quantitative estimate of drug-likeness (QED) is 0.689. The highest BCUT2D eigenvalue weighted by Gasteiger charge is 2.47. The molecule has 2 aliphatic heterocycles. The van der Waals surface area contributed by atoms with Crippen LogP contribution in [0.4, 0.5) is 18.0 Å². The van der Waals surface area contributed by atoms with E-state index in [0.717, 1.165) is 10.6 Å². The first-order valence-corrected chi connectivity index (χ1v) is 11.0. The van der Waals surface area contributed by atoms with Crippen LogP contribution in [0.3, 0.4) is 0 Å². The van der Waals surface area contributed by atoms with Crippen LogP contribution in [0.2, 0.25) is 0 Å². The van der Waals surface area contributed by atoms with Gasteiger partial charge in [0.2, 0.25) is 5.91 Å². The summed E-state index contributed by atoms with van der Waals surface area (Å²) in [4.78, 5) is 32.1. The van der Waals surface area contributed by atoms with Gasteiger partial charge in [0, 0.05) is 31.2 Å². The molecule has 2 amide bonds. The van der Waals surface area contributed by atoms with Gasteiger partial charge < -0.3 is 14.5 Å². The first-order valence-electron chi connectivity index (χ1n) is 11.0. The number of carbonyl (C=O) groups excluding carboxylic acids is 2. The largest absolute Gasteiger partial charge is 0.444 e. The number of halogens is 3. The van der Waals surface area contributed by atoms with Crippen LogP contribution < -0.4 is 0 Å². The highest BCUT2D eigenvalue weighted by molar-refractivity contribution is 5.83. The van der Waals surface area contributed by atoms with Crippen molar-refractivity contribution < 1.29 is 27.5 Å². The average molecular weight is 467 g/mol. The van der Waals surface area contributed by atoms with Crippen LogP contribution in [-0.4, -0.2) is 74.0 Å². The van der Waals surface area contributed by atoms with Gasteiger partial charge in [0.15, 0.2) is 0 Å². The monoisotopic (exact) mass is 467 g/mol. The third-order valence-electron chi connectivity index (χ3n) is 5.92. The Bertz CT molecular complexity index is 1070. The van der Waals surface area contributed by atoms with E-state index in [9.17, 15) is 22.8 Å². The number of amides is 2. The van der Waals surface area contributed by atoms with Crippen LogP contribution in [0.15, 0.2) is 12.1 Å². The van der Waals surface area contributed by atoms with Gasteiger partial charge in [-0.2, -0.15) is 18.3 Å². The molecule has 11 heteroatoms. The number of aryl methyl sites for hydroxylation is 1. The molecule has 2 aromatic rings. The Morgan fingerprint density at radius 2 is 1.88 bits per heavy atom. The molecule has 2 aromatic heterocycles. The number of pyridine rings is 1. The summed E-state index contributed by atoms with van der Waals surface area (Å²) in [5.41, 5.74) is 1.98. The third kappa shape index (κ3) is 4.77. The van der Waals surface area contributed by atoms with Crippen LogP contribution in [0, 0.1) is 6.92 Å². The second-order valence-corrected chi connectivity index (χ2v) is 9.73. The summed E-state index contributed by atoms with van der Waals surface area (Å²) < 4.78 is 46.7. The molecule has 0 unspecified atom stereocenters. The van der Waals surface area contributed by atoms with Crippen molar-refractivity contribution in [3.05, 3.63) is 23.5 Å². The van der Waals surface area contributed by atoms with E-state index in [2.05, 4.69) is 10.1 Å².